The Bertz CT molecular complexity index is 536. The summed E-state index contributed by atoms with van der Waals surface area (Å²) in [5, 5.41) is 9.83. The van der Waals surface area contributed by atoms with Gasteiger partial charge in [-0.25, -0.2) is 0 Å². The number of nitrogens with zero attached hydrogens (tertiary/aromatic N) is 1. The van der Waals surface area contributed by atoms with Crippen LogP contribution < -0.4 is 0 Å². The number of benzene rings is 1. The average Bonchev–Trinajstić information content (AvgIpc) is 2.43. The molecule has 2 aliphatic rings. The van der Waals surface area contributed by atoms with Gasteiger partial charge in [0.1, 0.15) is 5.75 Å². The number of phenols is 1. The Morgan fingerprint density at radius 1 is 1.45 bits per heavy atom. The lowest BCUT2D eigenvalue weighted by Gasteiger charge is -2.54. The summed E-state index contributed by atoms with van der Waals surface area (Å²) >= 11 is 0. The highest BCUT2D eigenvalue weighted by molar-refractivity contribution is 5.44. The fourth-order valence-electron chi connectivity index (χ4n) is 4.16. The van der Waals surface area contributed by atoms with Crippen molar-refractivity contribution in [1.82, 2.24) is 4.90 Å². The third-order valence-electron chi connectivity index (χ3n) is 5.68. The summed E-state index contributed by atoms with van der Waals surface area (Å²) in [6.07, 6.45) is 6.71. The van der Waals surface area contributed by atoms with E-state index in [9.17, 15) is 5.11 Å². The minimum Gasteiger partial charge on any atom is -0.508 e. The molecule has 1 aliphatic heterocycles. The van der Waals surface area contributed by atoms with E-state index in [1.807, 2.05) is 12.1 Å². The van der Waals surface area contributed by atoms with Gasteiger partial charge in [-0.2, -0.15) is 0 Å². The molecule has 0 aromatic heterocycles. The van der Waals surface area contributed by atoms with Crippen LogP contribution in [0.3, 0.4) is 0 Å². The highest BCUT2D eigenvalue weighted by atomic mass is 16.3. The largest absolute Gasteiger partial charge is 0.508 e. The molecule has 3 rings (SSSR count). The second kappa shape index (κ2) is 4.92. The monoisotopic (exact) mass is 271 g/mol. The third-order valence-corrected chi connectivity index (χ3v) is 5.68. The number of hydrogen-bond donors (Lipinski definition) is 1. The van der Waals surface area contributed by atoms with Crippen LogP contribution in [0.2, 0.25) is 0 Å². The molecule has 2 nitrogen and oxygen atoms in total. The molecule has 1 fully saturated rings. The van der Waals surface area contributed by atoms with Crippen molar-refractivity contribution in [1.29, 1.82) is 0 Å². The number of fused-ring (bicyclic) bond motifs is 4. The number of allylic oxidation sites excluding steroid dienone is 1. The molecule has 0 radical (unpaired) electrons. The lowest BCUT2D eigenvalue weighted by Crippen LogP contribution is -2.57. The minimum absolute atomic E-state index is 0.212. The van der Waals surface area contributed by atoms with Crippen molar-refractivity contribution < 1.29 is 5.11 Å². The van der Waals surface area contributed by atoms with E-state index in [0.29, 0.717) is 17.7 Å². The zero-order chi connectivity index (χ0) is 14.3. The Hall–Kier alpha value is -1.28. The molecule has 2 heteroatoms. The minimum atomic E-state index is 0.212. The number of likely N-dealkylation sites (tertiary alicyclic amines) is 1. The van der Waals surface area contributed by atoms with Crippen LogP contribution in [0.15, 0.2) is 30.4 Å². The molecule has 0 amide bonds. The van der Waals surface area contributed by atoms with Gasteiger partial charge in [-0.15, -0.1) is 0 Å². The van der Waals surface area contributed by atoms with Gasteiger partial charge in [-0.05, 0) is 60.9 Å². The Labute approximate surface area is 122 Å². The highest BCUT2D eigenvalue weighted by Crippen LogP contribution is 2.49. The maximum atomic E-state index is 9.83. The molecular formula is C18H25NO. The fourth-order valence-corrected chi connectivity index (χ4v) is 4.16. The number of aromatic hydroxyl groups is 1. The van der Waals surface area contributed by atoms with Crippen molar-refractivity contribution in [2.45, 2.75) is 45.1 Å². The smallest absolute Gasteiger partial charge is 0.115 e. The van der Waals surface area contributed by atoms with E-state index in [4.69, 9.17) is 0 Å². The molecule has 20 heavy (non-hydrogen) atoms. The quantitative estimate of drug-likeness (QED) is 0.832. The summed E-state index contributed by atoms with van der Waals surface area (Å²) in [7, 11) is 0. The van der Waals surface area contributed by atoms with Gasteiger partial charge in [0.05, 0.1) is 0 Å². The second-order valence-corrected chi connectivity index (χ2v) is 6.63. The third kappa shape index (κ3) is 1.98. The van der Waals surface area contributed by atoms with Gasteiger partial charge in [0, 0.05) is 12.6 Å². The van der Waals surface area contributed by atoms with Gasteiger partial charge in [0.15, 0.2) is 0 Å². The van der Waals surface area contributed by atoms with Crippen molar-refractivity contribution in [2.75, 3.05) is 13.1 Å². The molecule has 1 aliphatic carbocycles. The zero-order valence-electron chi connectivity index (χ0n) is 12.8. The van der Waals surface area contributed by atoms with Crippen molar-refractivity contribution in [3.8, 4) is 5.75 Å². The number of rotatable bonds is 2. The van der Waals surface area contributed by atoms with Crippen LogP contribution in [0, 0.1) is 5.92 Å². The van der Waals surface area contributed by atoms with Crippen LogP contribution in [0.25, 0.3) is 0 Å². The van der Waals surface area contributed by atoms with Gasteiger partial charge in [-0.1, -0.05) is 32.1 Å². The van der Waals surface area contributed by atoms with Gasteiger partial charge < -0.3 is 5.11 Å². The zero-order valence-corrected chi connectivity index (χ0v) is 12.8. The van der Waals surface area contributed by atoms with Crippen LogP contribution in [-0.4, -0.2) is 29.1 Å². The average molecular weight is 271 g/mol. The van der Waals surface area contributed by atoms with Crippen molar-refractivity contribution in [2.24, 2.45) is 5.92 Å². The van der Waals surface area contributed by atoms with Gasteiger partial charge in [0.25, 0.3) is 0 Å². The lowest BCUT2D eigenvalue weighted by molar-refractivity contribution is 0.0397. The topological polar surface area (TPSA) is 23.5 Å². The first-order chi connectivity index (χ1) is 9.56. The van der Waals surface area contributed by atoms with Crippen molar-refractivity contribution in [3.63, 3.8) is 0 Å². The molecule has 2 unspecified atom stereocenters. The van der Waals surface area contributed by atoms with E-state index in [0.717, 1.165) is 19.5 Å². The van der Waals surface area contributed by atoms with Gasteiger partial charge in [-0.3, -0.25) is 4.90 Å². The molecule has 1 heterocycles. The van der Waals surface area contributed by atoms with Gasteiger partial charge >= 0.3 is 0 Å². The van der Waals surface area contributed by atoms with E-state index in [1.54, 1.807) is 0 Å². The maximum absolute atomic E-state index is 9.83. The summed E-state index contributed by atoms with van der Waals surface area (Å²) in [6, 6.07) is 6.59. The molecule has 1 aromatic carbocycles. The van der Waals surface area contributed by atoms with Crippen molar-refractivity contribution >= 4 is 0 Å². The Morgan fingerprint density at radius 3 is 3.00 bits per heavy atom. The number of phenolic OH excluding ortho intramolecular Hbond substituents is 1. The summed E-state index contributed by atoms with van der Waals surface area (Å²) in [6.45, 7) is 9.09. The predicted molar refractivity (Wildman–Crippen MR) is 83.1 cm³/mol. The molecule has 0 saturated carbocycles. The second-order valence-electron chi connectivity index (χ2n) is 6.63. The summed E-state index contributed by atoms with van der Waals surface area (Å²) in [4.78, 5) is 2.63. The van der Waals surface area contributed by atoms with Crippen LogP contribution >= 0.6 is 0 Å². The lowest BCUT2D eigenvalue weighted by atomic mass is 9.59. The van der Waals surface area contributed by atoms with E-state index in [2.05, 4.69) is 43.9 Å². The first-order valence-electron chi connectivity index (χ1n) is 7.74. The van der Waals surface area contributed by atoms with E-state index in [-0.39, 0.29) is 5.41 Å². The van der Waals surface area contributed by atoms with Gasteiger partial charge in [0.2, 0.25) is 0 Å². The molecule has 1 aromatic rings. The van der Waals surface area contributed by atoms with Crippen LogP contribution in [0.1, 0.15) is 38.3 Å². The molecule has 1 saturated heterocycles. The van der Waals surface area contributed by atoms with Crippen LogP contribution in [0.5, 0.6) is 5.75 Å². The van der Waals surface area contributed by atoms with E-state index >= 15 is 0 Å². The maximum Gasteiger partial charge on any atom is 0.115 e. The fraction of sp³-hybridized carbons (Fsp3) is 0.556. The van der Waals surface area contributed by atoms with E-state index < -0.39 is 0 Å². The Morgan fingerprint density at radius 2 is 2.25 bits per heavy atom. The van der Waals surface area contributed by atoms with Crippen molar-refractivity contribution in [3.05, 3.63) is 41.5 Å². The predicted octanol–water partition coefficient (Wildman–Crippen LogP) is 3.49. The summed E-state index contributed by atoms with van der Waals surface area (Å²) < 4.78 is 0. The molecule has 3 atom stereocenters. The number of hydrogen-bond acceptors (Lipinski definition) is 2. The number of piperidine rings is 1. The standard InChI is InChI=1S/C18H25NO/c1-4-5-9-19-10-8-18(3)13(2)17(19)11-14-6-7-15(20)12-16(14)18/h4-7,12-13,17,20H,8-11H2,1-3H3/t13?,17?,18-/m0/s1. The highest BCUT2D eigenvalue weighted by Gasteiger charge is 2.48. The molecular weight excluding hydrogens is 246 g/mol. The van der Waals surface area contributed by atoms with E-state index in [1.165, 1.54) is 17.5 Å². The Balaban J connectivity index is 1.99. The first-order valence-corrected chi connectivity index (χ1v) is 7.74. The summed E-state index contributed by atoms with van der Waals surface area (Å²) in [5.74, 6) is 1.04. The molecule has 2 bridgehead atoms. The first kappa shape index (κ1) is 13.7. The molecule has 0 spiro atoms. The normalized spacial score (nSPS) is 33.4. The van der Waals surface area contributed by atoms with Crippen LogP contribution in [-0.2, 0) is 11.8 Å². The Kier molecular flexibility index (Phi) is 3.37. The molecule has 1 N–H and O–H groups in total. The summed E-state index contributed by atoms with van der Waals surface area (Å²) in [5.41, 5.74) is 3.02. The SMILES string of the molecule is CC=CCN1CC[C@]2(C)c3cc(O)ccc3CC1C2C. The molecule has 108 valence electrons. The van der Waals surface area contributed by atoms with Crippen LogP contribution in [0.4, 0.5) is 0 Å².